The number of carbonyl (C=O) groups is 2. The fourth-order valence-electron chi connectivity index (χ4n) is 1.68. The standard InChI is InChI=1S/C17H23NO7/c1-4-16(19)24-9-8-23-14-7-6-13(10-15(14)21-3)11-18-25-12-17(20)22-5-2/h6-7,10-11H,4-5,8-9,12H2,1-3H3/b18-11+. The zero-order valence-electron chi connectivity index (χ0n) is 14.6. The zero-order valence-corrected chi connectivity index (χ0v) is 14.6. The van der Waals surface area contributed by atoms with E-state index in [9.17, 15) is 9.59 Å². The van der Waals surface area contributed by atoms with Crippen molar-refractivity contribution >= 4 is 18.2 Å². The molecule has 1 aromatic rings. The van der Waals surface area contributed by atoms with Crippen LogP contribution in [0.25, 0.3) is 0 Å². The van der Waals surface area contributed by atoms with Crippen LogP contribution in [0.1, 0.15) is 25.8 Å². The molecule has 0 aliphatic rings. The Morgan fingerprint density at radius 2 is 1.88 bits per heavy atom. The van der Waals surface area contributed by atoms with Crippen LogP contribution in [-0.2, 0) is 23.9 Å². The van der Waals surface area contributed by atoms with E-state index in [1.54, 1.807) is 32.0 Å². The summed E-state index contributed by atoms with van der Waals surface area (Å²) in [5.41, 5.74) is 0.700. The molecule has 1 rings (SSSR count). The minimum atomic E-state index is -0.482. The van der Waals surface area contributed by atoms with Crippen LogP contribution in [0.3, 0.4) is 0 Å². The molecule has 0 radical (unpaired) electrons. The summed E-state index contributed by atoms with van der Waals surface area (Å²) >= 11 is 0. The number of carbonyl (C=O) groups excluding carboxylic acids is 2. The van der Waals surface area contributed by atoms with E-state index in [0.29, 0.717) is 30.1 Å². The van der Waals surface area contributed by atoms with Gasteiger partial charge in [0.15, 0.2) is 11.5 Å². The third-order valence-corrected chi connectivity index (χ3v) is 2.84. The first kappa shape index (κ1) is 20.3. The molecule has 0 spiro atoms. The first-order valence-corrected chi connectivity index (χ1v) is 7.88. The second kappa shape index (κ2) is 11.7. The van der Waals surface area contributed by atoms with E-state index < -0.39 is 5.97 Å². The smallest absolute Gasteiger partial charge is 0.347 e. The topological polar surface area (TPSA) is 92.7 Å². The fraction of sp³-hybridized carbons (Fsp3) is 0.471. The minimum Gasteiger partial charge on any atom is -0.493 e. The lowest BCUT2D eigenvalue weighted by Gasteiger charge is -2.11. The van der Waals surface area contributed by atoms with Crippen molar-refractivity contribution in [3.05, 3.63) is 23.8 Å². The number of hydrogen-bond donors (Lipinski definition) is 0. The first-order valence-electron chi connectivity index (χ1n) is 7.88. The van der Waals surface area contributed by atoms with Crippen LogP contribution in [0.2, 0.25) is 0 Å². The van der Waals surface area contributed by atoms with Crippen LogP contribution in [0.5, 0.6) is 11.5 Å². The molecule has 0 heterocycles. The molecule has 0 aliphatic heterocycles. The van der Waals surface area contributed by atoms with Gasteiger partial charge in [-0.25, -0.2) is 4.79 Å². The molecule has 0 aliphatic carbocycles. The third-order valence-electron chi connectivity index (χ3n) is 2.84. The molecule has 1 aromatic carbocycles. The Morgan fingerprint density at radius 1 is 1.08 bits per heavy atom. The second-order valence-electron chi connectivity index (χ2n) is 4.65. The van der Waals surface area contributed by atoms with Gasteiger partial charge in [0.2, 0.25) is 6.61 Å². The van der Waals surface area contributed by atoms with Crippen molar-refractivity contribution in [1.29, 1.82) is 0 Å². The molecular formula is C17H23NO7. The van der Waals surface area contributed by atoms with Crippen molar-refractivity contribution < 1.29 is 33.4 Å². The summed E-state index contributed by atoms with van der Waals surface area (Å²) in [4.78, 5) is 27.0. The predicted octanol–water partition coefficient (Wildman–Crippen LogP) is 1.94. The summed E-state index contributed by atoms with van der Waals surface area (Å²) in [5, 5.41) is 3.69. The van der Waals surface area contributed by atoms with Crippen molar-refractivity contribution in [2.75, 3.05) is 33.5 Å². The summed E-state index contributed by atoms with van der Waals surface area (Å²) in [6.45, 7) is 3.87. The molecule has 8 heteroatoms. The highest BCUT2D eigenvalue weighted by Gasteiger charge is 2.06. The number of rotatable bonds is 11. The van der Waals surface area contributed by atoms with Gasteiger partial charge in [0.05, 0.1) is 19.9 Å². The lowest BCUT2D eigenvalue weighted by Crippen LogP contribution is -2.11. The van der Waals surface area contributed by atoms with Crippen LogP contribution < -0.4 is 9.47 Å². The average molecular weight is 353 g/mol. The van der Waals surface area contributed by atoms with Gasteiger partial charge in [0.1, 0.15) is 13.2 Å². The second-order valence-corrected chi connectivity index (χ2v) is 4.65. The maximum atomic E-state index is 11.1. The quantitative estimate of drug-likeness (QED) is 0.260. The Hall–Kier alpha value is -2.77. The lowest BCUT2D eigenvalue weighted by atomic mass is 10.2. The SMILES string of the molecule is CCOC(=O)CO/N=C/c1ccc(OCCOC(=O)CC)c(OC)c1. The predicted molar refractivity (Wildman–Crippen MR) is 89.9 cm³/mol. The van der Waals surface area contributed by atoms with Crippen LogP contribution in [0, 0.1) is 0 Å². The summed E-state index contributed by atoms with van der Waals surface area (Å²) in [5.74, 6) is 0.255. The number of hydrogen-bond acceptors (Lipinski definition) is 8. The largest absolute Gasteiger partial charge is 0.493 e. The maximum Gasteiger partial charge on any atom is 0.347 e. The zero-order chi connectivity index (χ0) is 18.5. The first-order chi connectivity index (χ1) is 12.1. The number of oxime groups is 1. The molecule has 0 atom stereocenters. The molecular weight excluding hydrogens is 330 g/mol. The maximum absolute atomic E-state index is 11.1. The Morgan fingerprint density at radius 3 is 2.56 bits per heavy atom. The van der Waals surface area contributed by atoms with Gasteiger partial charge in [0.25, 0.3) is 0 Å². The minimum absolute atomic E-state index is 0.167. The number of ether oxygens (including phenoxy) is 4. The highest BCUT2D eigenvalue weighted by atomic mass is 16.6. The van der Waals surface area contributed by atoms with E-state index in [1.807, 2.05) is 0 Å². The summed E-state index contributed by atoms with van der Waals surface area (Å²) in [6.07, 6.45) is 1.77. The monoisotopic (exact) mass is 353 g/mol. The molecule has 0 aromatic heterocycles. The van der Waals surface area contributed by atoms with Gasteiger partial charge in [-0.3, -0.25) is 4.79 Å². The van der Waals surface area contributed by atoms with Gasteiger partial charge in [-0.2, -0.15) is 0 Å². The average Bonchev–Trinajstić information content (AvgIpc) is 2.62. The Bertz CT molecular complexity index is 586. The van der Waals surface area contributed by atoms with Gasteiger partial charge in [-0.05, 0) is 25.1 Å². The van der Waals surface area contributed by atoms with Crippen molar-refractivity contribution in [3.63, 3.8) is 0 Å². The van der Waals surface area contributed by atoms with E-state index in [0.717, 1.165) is 0 Å². The molecule has 0 fully saturated rings. The Labute approximate surface area is 146 Å². The number of benzene rings is 1. The number of nitrogens with zero attached hydrogens (tertiary/aromatic N) is 1. The van der Waals surface area contributed by atoms with Crippen molar-refractivity contribution in [1.82, 2.24) is 0 Å². The van der Waals surface area contributed by atoms with E-state index in [2.05, 4.69) is 5.16 Å². The van der Waals surface area contributed by atoms with Crippen molar-refractivity contribution in [2.24, 2.45) is 5.16 Å². The summed E-state index contributed by atoms with van der Waals surface area (Å²) < 4.78 is 20.4. The van der Waals surface area contributed by atoms with Crippen molar-refractivity contribution in [2.45, 2.75) is 20.3 Å². The summed E-state index contributed by atoms with van der Waals surface area (Å²) in [6, 6.07) is 5.14. The molecule has 0 unspecified atom stereocenters. The Balaban J connectivity index is 2.50. The van der Waals surface area contributed by atoms with E-state index in [-0.39, 0.29) is 25.8 Å². The molecule has 0 bridgehead atoms. The fourth-order valence-corrected chi connectivity index (χ4v) is 1.68. The number of esters is 2. The van der Waals surface area contributed by atoms with Crippen LogP contribution in [0.15, 0.2) is 23.4 Å². The molecule has 138 valence electrons. The highest BCUT2D eigenvalue weighted by molar-refractivity contribution is 5.80. The third kappa shape index (κ3) is 8.05. The highest BCUT2D eigenvalue weighted by Crippen LogP contribution is 2.27. The van der Waals surface area contributed by atoms with Gasteiger partial charge >= 0.3 is 11.9 Å². The molecule has 0 amide bonds. The van der Waals surface area contributed by atoms with Crippen LogP contribution in [0.4, 0.5) is 0 Å². The van der Waals surface area contributed by atoms with Crippen molar-refractivity contribution in [3.8, 4) is 11.5 Å². The van der Waals surface area contributed by atoms with Crippen LogP contribution in [-0.4, -0.2) is 51.7 Å². The van der Waals surface area contributed by atoms with Gasteiger partial charge in [-0.15, -0.1) is 0 Å². The van der Waals surface area contributed by atoms with Gasteiger partial charge in [0, 0.05) is 12.0 Å². The van der Waals surface area contributed by atoms with E-state index in [1.165, 1.54) is 13.3 Å². The molecule has 0 saturated carbocycles. The van der Waals surface area contributed by atoms with Gasteiger partial charge in [-0.1, -0.05) is 12.1 Å². The van der Waals surface area contributed by atoms with Crippen LogP contribution >= 0.6 is 0 Å². The molecule has 0 N–H and O–H groups in total. The molecule has 8 nitrogen and oxygen atoms in total. The number of methoxy groups -OCH3 is 1. The van der Waals surface area contributed by atoms with E-state index >= 15 is 0 Å². The van der Waals surface area contributed by atoms with Gasteiger partial charge < -0.3 is 23.8 Å². The summed E-state index contributed by atoms with van der Waals surface area (Å²) in [7, 11) is 1.51. The molecule has 0 saturated heterocycles. The van der Waals surface area contributed by atoms with E-state index in [4.69, 9.17) is 23.8 Å². The Kier molecular flexibility index (Phi) is 9.50. The lowest BCUT2D eigenvalue weighted by molar-refractivity contribution is -0.148. The molecule has 25 heavy (non-hydrogen) atoms. The normalized spacial score (nSPS) is 10.4.